The Morgan fingerprint density at radius 2 is 1.56 bits per heavy atom. The van der Waals surface area contributed by atoms with E-state index in [9.17, 15) is 18.0 Å². The van der Waals surface area contributed by atoms with E-state index in [1.54, 1.807) is 29.2 Å². The molecule has 1 aliphatic carbocycles. The number of carbonyl (C=O) groups is 2. The highest BCUT2D eigenvalue weighted by Gasteiger charge is 2.32. The van der Waals surface area contributed by atoms with Crippen LogP contribution in [0.3, 0.4) is 0 Å². The van der Waals surface area contributed by atoms with E-state index in [0.717, 1.165) is 42.4 Å². The fourth-order valence-electron chi connectivity index (χ4n) is 5.05. The average molecular weight is 576 g/mol. The molecule has 2 atom stereocenters. The van der Waals surface area contributed by atoms with Crippen LogP contribution in [0.5, 0.6) is 0 Å². The summed E-state index contributed by atoms with van der Waals surface area (Å²) in [5, 5.41) is 3.04. The predicted octanol–water partition coefficient (Wildman–Crippen LogP) is 4.13. The van der Waals surface area contributed by atoms with Crippen molar-refractivity contribution in [1.82, 2.24) is 14.9 Å². The molecule has 0 bridgehead atoms. The third-order valence-corrected chi connectivity index (χ3v) is 9.02. The first-order chi connectivity index (χ1) is 19.9. The van der Waals surface area contributed by atoms with Crippen LogP contribution >= 0.6 is 0 Å². The largest absolute Gasteiger partial charge is 0.376 e. The molecule has 3 aromatic carbocycles. The molecule has 1 saturated carbocycles. The van der Waals surface area contributed by atoms with Gasteiger partial charge in [0.2, 0.25) is 21.8 Å². The maximum Gasteiger partial charge on any atom is 0.247 e. The number of rotatable bonds is 13. The first-order valence-corrected chi connectivity index (χ1v) is 15.8. The molecule has 1 heterocycles. The third kappa shape index (κ3) is 8.03. The molecular weight excluding hydrogens is 538 g/mol. The van der Waals surface area contributed by atoms with E-state index < -0.39 is 16.1 Å². The standard InChI is InChI=1S/C32H37N3O5S/c36-30(20-15-24-13-18-29(19-14-24)41(38,39)34-27-16-17-27)35(23-25-8-3-1-4-9-25)31(26-10-5-2-6-11-26)32(37)33-22-28-12-7-21-40-28/h1-6,8-11,13-14,18-19,27-28,31,34H,7,12,15-17,20-23H2,(H,33,37)/t28-,31-/m1/s1. The van der Waals surface area contributed by atoms with Gasteiger partial charge >= 0.3 is 0 Å². The van der Waals surface area contributed by atoms with Crippen molar-refractivity contribution in [1.29, 1.82) is 0 Å². The zero-order chi connectivity index (χ0) is 28.7. The fourth-order valence-corrected chi connectivity index (χ4v) is 6.35. The van der Waals surface area contributed by atoms with Crippen LogP contribution < -0.4 is 10.0 Å². The number of aryl methyl sites for hydroxylation is 1. The molecule has 5 rings (SSSR count). The molecule has 9 heteroatoms. The molecule has 2 aliphatic rings. The average Bonchev–Trinajstić information content (AvgIpc) is 3.63. The van der Waals surface area contributed by atoms with Crippen molar-refractivity contribution < 1.29 is 22.7 Å². The molecule has 8 nitrogen and oxygen atoms in total. The SMILES string of the molecule is O=C(NC[C@H]1CCCO1)[C@@H](c1ccccc1)N(Cc1ccccc1)C(=O)CCc1ccc(S(=O)(=O)NC2CC2)cc1. The Hall–Kier alpha value is -3.53. The maximum absolute atomic E-state index is 13.9. The summed E-state index contributed by atoms with van der Waals surface area (Å²) in [5.41, 5.74) is 2.51. The van der Waals surface area contributed by atoms with Crippen LogP contribution in [0.4, 0.5) is 0 Å². The first-order valence-electron chi connectivity index (χ1n) is 14.3. The minimum absolute atomic E-state index is 0.0140. The molecule has 216 valence electrons. The number of nitrogens with zero attached hydrogens (tertiary/aromatic N) is 1. The number of nitrogens with one attached hydrogen (secondary N) is 2. The number of hydrogen-bond acceptors (Lipinski definition) is 5. The van der Waals surface area contributed by atoms with Crippen LogP contribution in [0.25, 0.3) is 0 Å². The summed E-state index contributed by atoms with van der Waals surface area (Å²) in [6.45, 7) is 1.38. The summed E-state index contributed by atoms with van der Waals surface area (Å²) < 4.78 is 33.4. The van der Waals surface area contributed by atoms with Crippen molar-refractivity contribution in [3.63, 3.8) is 0 Å². The smallest absolute Gasteiger partial charge is 0.247 e. The molecule has 1 aliphatic heterocycles. The third-order valence-electron chi connectivity index (χ3n) is 7.48. The Morgan fingerprint density at radius 1 is 0.878 bits per heavy atom. The Bertz CT molecular complexity index is 1400. The minimum atomic E-state index is -3.53. The number of sulfonamides is 1. The molecule has 2 fully saturated rings. The second kappa shape index (κ2) is 13.4. The number of benzene rings is 3. The molecule has 2 amide bonds. The van der Waals surface area contributed by atoms with Crippen molar-refractivity contribution in [2.45, 2.75) is 68.2 Å². The minimum Gasteiger partial charge on any atom is -0.376 e. The van der Waals surface area contributed by atoms with Crippen molar-refractivity contribution in [2.75, 3.05) is 13.2 Å². The van der Waals surface area contributed by atoms with Crippen LogP contribution in [-0.2, 0) is 37.3 Å². The lowest BCUT2D eigenvalue weighted by Gasteiger charge is -2.32. The number of amides is 2. The summed E-state index contributed by atoms with van der Waals surface area (Å²) in [4.78, 5) is 29.4. The lowest BCUT2D eigenvalue weighted by Crippen LogP contribution is -2.45. The Labute approximate surface area is 242 Å². The number of ether oxygens (including phenoxy) is 1. The lowest BCUT2D eigenvalue weighted by atomic mass is 10.0. The summed E-state index contributed by atoms with van der Waals surface area (Å²) in [7, 11) is -3.53. The lowest BCUT2D eigenvalue weighted by molar-refractivity contribution is -0.141. The molecule has 0 unspecified atom stereocenters. The van der Waals surface area contributed by atoms with Gasteiger partial charge < -0.3 is 15.0 Å². The molecule has 1 saturated heterocycles. The van der Waals surface area contributed by atoms with Gasteiger partial charge in [-0.2, -0.15) is 0 Å². The van der Waals surface area contributed by atoms with E-state index in [1.165, 1.54) is 0 Å². The van der Waals surface area contributed by atoms with Crippen molar-refractivity contribution in [2.24, 2.45) is 0 Å². The summed E-state index contributed by atoms with van der Waals surface area (Å²) >= 11 is 0. The topological polar surface area (TPSA) is 105 Å². The van der Waals surface area contributed by atoms with Gasteiger partial charge in [-0.3, -0.25) is 9.59 Å². The van der Waals surface area contributed by atoms with E-state index >= 15 is 0 Å². The highest BCUT2D eigenvalue weighted by atomic mass is 32.2. The van der Waals surface area contributed by atoms with Crippen LogP contribution in [0.15, 0.2) is 89.8 Å². The van der Waals surface area contributed by atoms with Crippen molar-refractivity contribution in [3.8, 4) is 0 Å². The van der Waals surface area contributed by atoms with Gasteiger partial charge in [0.1, 0.15) is 6.04 Å². The summed E-state index contributed by atoms with van der Waals surface area (Å²) in [6.07, 6.45) is 4.19. The zero-order valence-corrected chi connectivity index (χ0v) is 23.9. The van der Waals surface area contributed by atoms with Gasteiger partial charge in [-0.1, -0.05) is 72.8 Å². The highest BCUT2D eigenvalue weighted by Crippen LogP contribution is 2.26. The highest BCUT2D eigenvalue weighted by molar-refractivity contribution is 7.89. The van der Waals surface area contributed by atoms with Gasteiger partial charge in [-0.05, 0) is 60.9 Å². The van der Waals surface area contributed by atoms with Crippen molar-refractivity contribution in [3.05, 3.63) is 102 Å². The van der Waals surface area contributed by atoms with Gasteiger partial charge in [0, 0.05) is 32.2 Å². The molecule has 3 aromatic rings. The second-order valence-corrected chi connectivity index (χ2v) is 12.5. The van der Waals surface area contributed by atoms with Crippen LogP contribution in [0, 0.1) is 0 Å². The Morgan fingerprint density at radius 3 is 2.20 bits per heavy atom. The second-order valence-electron chi connectivity index (χ2n) is 10.7. The molecule has 0 aromatic heterocycles. The van der Waals surface area contributed by atoms with E-state index in [2.05, 4.69) is 10.0 Å². The summed E-state index contributed by atoms with van der Waals surface area (Å²) in [5.74, 6) is -0.407. The number of hydrogen-bond donors (Lipinski definition) is 2. The summed E-state index contributed by atoms with van der Waals surface area (Å²) in [6, 6.07) is 24.9. The fraction of sp³-hybridized carbons (Fsp3) is 0.375. The van der Waals surface area contributed by atoms with Crippen LogP contribution in [0.1, 0.15) is 54.8 Å². The van der Waals surface area contributed by atoms with Crippen LogP contribution in [0.2, 0.25) is 0 Å². The molecule has 0 spiro atoms. The van der Waals surface area contributed by atoms with Gasteiger partial charge in [-0.15, -0.1) is 0 Å². The Kier molecular flexibility index (Phi) is 9.49. The molecule has 2 N–H and O–H groups in total. The van der Waals surface area contributed by atoms with E-state index in [4.69, 9.17) is 4.74 Å². The van der Waals surface area contributed by atoms with Crippen LogP contribution in [-0.4, -0.2) is 50.4 Å². The van der Waals surface area contributed by atoms with E-state index in [1.807, 2.05) is 60.7 Å². The van der Waals surface area contributed by atoms with Crippen molar-refractivity contribution >= 4 is 21.8 Å². The first kappa shape index (κ1) is 29.0. The molecule has 0 radical (unpaired) electrons. The number of carbonyl (C=O) groups excluding carboxylic acids is 2. The van der Waals surface area contributed by atoms with E-state index in [0.29, 0.717) is 19.6 Å². The van der Waals surface area contributed by atoms with Gasteiger partial charge in [0.05, 0.1) is 11.0 Å². The predicted molar refractivity (Wildman–Crippen MR) is 156 cm³/mol. The van der Waals surface area contributed by atoms with Gasteiger partial charge in [-0.25, -0.2) is 13.1 Å². The normalized spacial score (nSPS) is 17.6. The van der Waals surface area contributed by atoms with Gasteiger partial charge in [0.15, 0.2) is 0 Å². The zero-order valence-electron chi connectivity index (χ0n) is 23.1. The maximum atomic E-state index is 13.9. The quantitative estimate of drug-likeness (QED) is 0.319. The Balaban J connectivity index is 1.34. The van der Waals surface area contributed by atoms with Gasteiger partial charge in [0.25, 0.3) is 0 Å². The monoisotopic (exact) mass is 575 g/mol. The van der Waals surface area contributed by atoms with E-state index in [-0.39, 0.29) is 41.8 Å². The molecular formula is C32H37N3O5S. The molecule has 41 heavy (non-hydrogen) atoms.